The van der Waals surface area contributed by atoms with E-state index in [0.29, 0.717) is 11.3 Å². The number of benzene rings is 2. The number of fused-ring (bicyclic) bond motifs is 1. The van der Waals surface area contributed by atoms with Gasteiger partial charge in [0, 0.05) is 23.8 Å². The summed E-state index contributed by atoms with van der Waals surface area (Å²) in [6.45, 7) is 0.704. The average molecular weight is 653 g/mol. The van der Waals surface area contributed by atoms with Crippen molar-refractivity contribution >= 4 is 11.0 Å². The molecule has 3 aromatic rings. The lowest BCUT2D eigenvalue weighted by atomic mass is 9.98. The SMILES string of the molecule is COc1ccc(-c2cc(=O)c3c(O)cc(O[C@@H]4OC(CO[C@@H]5O[C@@H](C)[C@@H](O)[C@@H](O)[C@H]5O)[C@@H](O)C(O)[C@@H]4O)cc3o2)cc1OCCO. The van der Waals surface area contributed by atoms with Crippen LogP contribution < -0.4 is 19.6 Å². The highest BCUT2D eigenvalue weighted by atomic mass is 16.7. The molecule has 0 saturated carbocycles. The fourth-order valence-electron chi connectivity index (χ4n) is 5.18. The van der Waals surface area contributed by atoms with Crippen LogP contribution in [0.4, 0.5) is 0 Å². The minimum Gasteiger partial charge on any atom is -0.507 e. The van der Waals surface area contributed by atoms with Crippen molar-refractivity contribution < 1.29 is 73.7 Å². The Morgan fingerprint density at radius 1 is 0.826 bits per heavy atom. The van der Waals surface area contributed by atoms with Crippen LogP contribution in [-0.4, -0.2) is 129 Å². The van der Waals surface area contributed by atoms with Gasteiger partial charge in [-0.1, -0.05) is 0 Å². The smallest absolute Gasteiger partial charge is 0.229 e. The van der Waals surface area contributed by atoms with Crippen LogP contribution in [0.25, 0.3) is 22.3 Å². The topological polar surface area (TPSA) is 247 Å². The second-order valence-corrected chi connectivity index (χ2v) is 10.9. The zero-order valence-electron chi connectivity index (χ0n) is 24.7. The lowest BCUT2D eigenvalue weighted by Gasteiger charge is -2.42. The van der Waals surface area contributed by atoms with Crippen molar-refractivity contribution in [3.63, 3.8) is 0 Å². The molecule has 2 unspecified atom stereocenters. The van der Waals surface area contributed by atoms with E-state index in [1.165, 1.54) is 26.2 Å². The molecule has 1 aromatic heterocycles. The fraction of sp³-hybridized carbons (Fsp3) is 0.500. The molecule has 0 amide bonds. The standard InChI is InChI=1S/C30H36O16/c1-12-23(34)25(36)27(38)29(43-12)42-11-21-24(35)26(37)28(39)30(46-21)44-14-8-15(32)22-16(33)10-18(45-20(22)9-14)13-3-4-17(40-2)19(7-13)41-6-5-31/h3-4,7-10,12,21,23-32,34-39H,5-6,11H2,1-2H3/t12-,21?,23+,24+,25+,26?,27+,28-,29+,30+/m0/s1. The molecule has 0 aliphatic carbocycles. The molecule has 2 aliphatic heterocycles. The number of hydrogen-bond donors (Lipinski definition) is 8. The zero-order valence-corrected chi connectivity index (χ0v) is 24.7. The number of ether oxygens (including phenoxy) is 6. The number of rotatable bonds is 10. The molecule has 5 rings (SSSR count). The van der Waals surface area contributed by atoms with Crippen molar-refractivity contribution in [2.45, 2.75) is 68.3 Å². The summed E-state index contributed by atoms with van der Waals surface area (Å²) in [5, 5.41) is 81.3. The molecule has 2 fully saturated rings. The number of aliphatic hydroxyl groups is 7. The molecule has 16 heteroatoms. The Hall–Kier alpha value is -3.55. The largest absolute Gasteiger partial charge is 0.507 e. The lowest BCUT2D eigenvalue weighted by molar-refractivity contribution is -0.318. The fourth-order valence-corrected chi connectivity index (χ4v) is 5.18. The van der Waals surface area contributed by atoms with E-state index in [1.807, 2.05) is 0 Å². The number of methoxy groups -OCH3 is 1. The van der Waals surface area contributed by atoms with Crippen LogP contribution in [0.5, 0.6) is 23.0 Å². The van der Waals surface area contributed by atoms with Crippen molar-refractivity contribution in [3.8, 4) is 34.3 Å². The highest BCUT2D eigenvalue weighted by molar-refractivity contribution is 5.86. The van der Waals surface area contributed by atoms with Crippen LogP contribution in [0.2, 0.25) is 0 Å². The van der Waals surface area contributed by atoms with Crippen molar-refractivity contribution in [2.75, 3.05) is 26.9 Å². The molecule has 2 aromatic carbocycles. The first kappa shape index (κ1) is 33.8. The predicted molar refractivity (Wildman–Crippen MR) is 154 cm³/mol. The summed E-state index contributed by atoms with van der Waals surface area (Å²) in [6.07, 6.45) is -15.1. The molecule has 3 heterocycles. The van der Waals surface area contributed by atoms with E-state index < -0.39 is 79.2 Å². The average Bonchev–Trinajstić information content (AvgIpc) is 3.03. The summed E-state index contributed by atoms with van der Waals surface area (Å²) in [5.74, 6) is 0.0977. The van der Waals surface area contributed by atoms with E-state index in [9.17, 15) is 40.5 Å². The summed E-state index contributed by atoms with van der Waals surface area (Å²) in [6, 6.07) is 8.23. The van der Waals surface area contributed by atoms with Crippen molar-refractivity contribution in [1.29, 1.82) is 0 Å². The molecule has 0 radical (unpaired) electrons. The zero-order chi connectivity index (χ0) is 33.3. The molecule has 8 N–H and O–H groups in total. The maximum atomic E-state index is 13.0. The van der Waals surface area contributed by atoms with Gasteiger partial charge < -0.3 is 73.7 Å². The number of phenols is 1. The van der Waals surface area contributed by atoms with Crippen LogP contribution in [0.3, 0.4) is 0 Å². The van der Waals surface area contributed by atoms with E-state index in [1.54, 1.807) is 18.2 Å². The normalized spacial score (nSPS) is 31.5. The Kier molecular flexibility index (Phi) is 10.3. The van der Waals surface area contributed by atoms with E-state index in [4.69, 9.17) is 37.9 Å². The van der Waals surface area contributed by atoms with Crippen LogP contribution in [0.1, 0.15) is 6.92 Å². The van der Waals surface area contributed by atoms with E-state index >= 15 is 0 Å². The van der Waals surface area contributed by atoms with Gasteiger partial charge >= 0.3 is 0 Å². The first-order valence-corrected chi connectivity index (χ1v) is 14.3. The Labute approximate surface area is 261 Å². The maximum Gasteiger partial charge on any atom is 0.229 e. The second-order valence-electron chi connectivity index (χ2n) is 10.9. The molecule has 16 nitrogen and oxygen atoms in total. The van der Waals surface area contributed by atoms with Gasteiger partial charge in [-0.15, -0.1) is 0 Å². The van der Waals surface area contributed by atoms with Gasteiger partial charge in [-0.3, -0.25) is 4.79 Å². The molecular formula is C30H36O16. The Morgan fingerprint density at radius 3 is 2.26 bits per heavy atom. The number of hydrogen-bond acceptors (Lipinski definition) is 16. The minimum atomic E-state index is -1.79. The predicted octanol–water partition coefficient (Wildman–Crippen LogP) is -1.42. The molecule has 10 atom stereocenters. The van der Waals surface area contributed by atoms with Gasteiger partial charge in [0.15, 0.2) is 23.2 Å². The molecule has 2 saturated heterocycles. The first-order valence-electron chi connectivity index (χ1n) is 14.3. The Morgan fingerprint density at radius 2 is 1.54 bits per heavy atom. The summed E-state index contributed by atoms with van der Waals surface area (Å²) in [7, 11) is 1.44. The molecule has 0 bridgehead atoms. The van der Waals surface area contributed by atoms with Gasteiger partial charge in [0.05, 0.1) is 26.4 Å². The van der Waals surface area contributed by atoms with Gasteiger partial charge in [0.2, 0.25) is 6.29 Å². The van der Waals surface area contributed by atoms with Crippen molar-refractivity contribution in [2.24, 2.45) is 0 Å². The quantitative estimate of drug-likeness (QED) is 0.125. The van der Waals surface area contributed by atoms with Crippen LogP contribution in [-0.2, 0) is 14.2 Å². The first-order chi connectivity index (χ1) is 21.9. The third-order valence-electron chi connectivity index (χ3n) is 7.73. The molecule has 252 valence electrons. The number of aromatic hydroxyl groups is 1. The monoisotopic (exact) mass is 652 g/mol. The molecule has 46 heavy (non-hydrogen) atoms. The highest BCUT2D eigenvalue weighted by Crippen LogP contribution is 2.36. The van der Waals surface area contributed by atoms with Gasteiger partial charge in [-0.05, 0) is 25.1 Å². The van der Waals surface area contributed by atoms with Crippen molar-refractivity contribution in [1.82, 2.24) is 0 Å². The molecular weight excluding hydrogens is 616 g/mol. The molecule has 2 aliphatic rings. The number of aliphatic hydroxyl groups excluding tert-OH is 7. The molecule has 0 spiro atoms. The maximum absolute atomic E-state index is 13.0. The Balaban J connectivity index is 1.37. The summed E-state index contributed by atoms with van der Waals surface area (Å²) < 4.78 is 38.9. The van der Waals surface area contributed by atoms with Gasteiger partial charge in [-0.2, -0.15) is 0 Å². The van der Waals surface area contributed by atoms with Gasteiger partial charge in [-0.25, -0.2) is 0 Å². The third-order valence-corrected chi connectivity index (χ3v) is 7.73. The summed E-state index contributed by atoms with van der Waals surface area (Å²) in [5.41, 5.74) is -0.277. The van der Waals surface area contributed by atoms with Gasteiger partial charge in [0.25, 0.3) is 0 Å². The van der Waals surface area contributed by atoms with Crippen LogP contribution in [0, 0.1) is 0 Å². The minimum absolute atomic E-state index is 0.00731. The summed E-state index contributed by atoms with van der Waals surface area (Å²) >= 11 is 0. The number of phenolic OH excluding ortho intramolecular Hbond substituents is 1. The van der Waals surface area contributed by atoms with E-state index in [0.717, 1.165) is 6.07 Å². The Bertz CT molecular complexity index is 1560. The summed E-state index contributed by atoms with van der Waals surface area (Å²) in [4.78, 5) is 13.0. The van der Waals surface area contributed by atoms with Gasteiger partial charge in [0.1, 0.15) is 77.6 Å². The van der Waals surface area contributed by atoms with Crippen LogP contribution >= 0.6 is 0 Å². The highest BCUT2D eigenvalue weighted by Gasteiger charge is 2.47. The van der Waals surface area contributed by atoms with Crippen LogP contribution in [0.15, 0.2) is 45.6 Å². The second kappa shape index (κ2) is 14.1. The van der Waals surface area contributed by atoms with E-state index in [-0.39, 0.29) is 41.4 Å². The van der Waals surface area contributed by atoms with E-state index in [2.05, 4.69) is 0 Å². The van der Waals surface area contributed by atoms with Crippen molar-refractivity contribution in [3.05, 3.63) is 46.6 Å². The third kappa shape index (κ3) is 6.77. The lowest BCUT2D eigenvalue weighted by Crippen LogP contribution is -2.61.